The molecule has 3 nitrogen and oxygen atoms in total. The number of nitrogens with zero attached hydrogens (tertiary/aromatic N) is 1. The maximum atomic E-state index is 6.63. The number of pyridine rings is 1. The van der Waals surface area contributed by atoms with E-state index < -0.39 is 0 Å². The number of rotatable bonds is 2. The smallest absolute Gasteiger partial charge is 0.148 e. The summed E-state index contributed by atoms with van der Waals surface area (Å²) in [5.41, 5.74) is 9.03. The number of aromatic nitrogens is 1. The Bertz CT molecular complexity index is 866. The van der Waals surface area contributed by atoms with Gasteiger partial charge in [-0.2, -0.15) is 0 Å². The molecule has 3 aromatic rings. The molecule has 0 aliphatic carbocycles. The number of fused-ring (bicyclic) bond motifs is 1. The van der Waals surface area contributed by atoms with Gasteiger partial charge in [0.2, 0.25) is 0 Å². The van der Waals surface area contributed by atoms with Crippen molar-refractivity contribution in [2.45, 2.75) is 0 Å². The van der Waals surface area contributed by atoms with Gasteiger partial charge in [0.25, 0.3) is 0 Å². The largest absolute Gasteiger partial charge is 0.494 e. The van der Waals surface area contributed by atoms with E-state index in [-0.39, 0.29) is 0 Å². The van der Waals surface area contributed by atoms with Crippen LogP contribution in [-0.2, 0) is 0 Å². The quantitative estimate of drug-likeness (QED) is 0.520. The summed E-state index contributed by atoms with van der Waals surface area (Å²) in [6.07, 6.45) is 1.77. The van der Waals surface area contributed by atoms with Crippen LogP contribution in [0, 0.1) is 0 Å². The Kier molecular flexibility index (Phi) is 4.30. The summed E-state index contributed by atoms with van der Waals surface area (Å²) in [6.45, 7) is 0. The Labute approximate surface area is 149 Å². The Morgan fingerprint density at radius 3 is 2.50 bits per heavy atom. The first-order valence-electron chi connectivity index (χ1n) is 6.39. The molecule has 2 N–H and O–H groups in total. The van der Waals surface area contributed by atoms with Crippen LogP contribution in [0.2, 0.25) is 5.02 Å². The molecule has 0 spiro atoms. The predicted molar refractivity (Wildman–Crippen MR) is 98.6 cm³/mol. The molecule has 0 saturated carbocycles. The summed E-state index contributed by atoms with van der Waals surface area (Å²) in [6, 6.07) is 9.42. The molecule has 0 radical (unpaired) electrons. The van der Waals surface area contributed by atoms with E-state index in [1.54, 1.807) is 13.3 Å². The Morgan fingerprint density at radius 1 is 1.18 bits per heavy atom. The average Bonchev–Trinajstić information content (AvgIpc) is 2.49. The molecule has 112 valence electrons. The molecule has 2 aromatic carbocycles. The summed E-state index contributed by atoms with van der Waals surface area (Å²) < 4.78 is 6.99. The van der Waals surface area contributed by atoms with Crippen LogP contribution in [0.5, 0.6) is 5.75 Å². The van der Waals surface area contributed by atoms with Crippen molar-refractivity contribution in [3.63, 3.8) is 0 Å². The normalized spacial score (nSPS) is 10.9. The monoisotopic (exact) mass is 440 g/mol. The van der Waals surface area contributed by atoms with Gasteiger partial charge in [-0.25, -0.2) is 0 Å². The molecular formula is C16H11Br2ClN2O. The highest BCUT2D eigenvalue weighted by Crippen LogP contribution is 2.44. The number of anilines is 1. The van der Waals surface area contributed by atoms with Crippen LogP contribution in [0.25, 0.3) is 22.0 Å². The highest BCUT2D eigenvalue weighted by molar-refractivity contribution is 9.11. The minimum Gasteiger partial charge on any atom is -0.494 e. The number of nitrogens with two attached hydrogens (primary N) is 1. The molecule has 0 saturated heterocycles. The molecule has 0 fully saturated rings. The van der Waals surface area contributed by atoms with Crippen LogP contribution in [0.3, 0.4) is 0 Å². The number of methoxy groups -OCH3 is 1. The van der Waals surface area contributed by atoms with Crippen molar-refractivity contribution in [3.05, 3.63) is 50.5 Å². The lowest BCUT2D eigenvalue weighted by Gasteiger charge is -2.13. The van der Waals surface area contributed by atoms with Crippen molar-refractivity contribution in [3.8, 4) is 16.9 Å². The minimum atomic E-state index is 0.618. The molecule has 6 heteroatoms. The Balaban J connectivity index is 2.31. The lowest BCUT2D eigenvalue weighted by Crippen LogP contribution is -1.92. The number of ether oxygens (including phenoxy) is 1. The number of nitrogen functional groups attached to an aromatic ring is 1. The number of hydrogen-bond donors (Lipinski definition) is 1. The van der Waals surface area contributed by atoms with E-state index in [1.165, 1.54) is 0 Å². The second kappa shape index (κ2) is 6.07. The van der Waals surface area contributed by atoms with Gasteiger partial charge in [0.1, 0.15) is 5.75 Å². The highest BCUT2D eigenvalue weighted by Gasteiger charge is 2.17. The third-order valence-electron chi connectivity index (χ3n) is 3.37. The van der Waals surface area contributed by atoms with Crippen molar-refractivity contribution in [2.24, 2.45) is 0 Å². The van der Waals surface area contributed by atoms with Gasteiger partial charge in [0.05, 0.1) is 26.6 Å². The first kappa shape index (κ1) is 15.6. The maximum absolute atomic E-state index is 6.63. The summed E-state index contributed by atoms with van der Waals surface area (Å²) in [5.74, 6) is 0.686. The number of halogens is 3. The lowest BCUT2D eigenvalue weighted by molar-refractivity contribution is 0.410. The van der Waals surface area contributed by atoms with E-state index in [1.807, 2.05) is 30.3 Å². The number of hydrogen-bond acceptors (Lipinski definition) is 3. The van der Waals surface area contributed by atoms with E-state index in [9.17, 15) is 0 Å². The van der Waals surface area contributed by atoms with Gasteiger partial charge in [-0.05, 0) is 55.6 Å². The van der Waals surface area contributed by atoms with Crippen molar-refractivity contribution in [1.82, 2.24) is 4.98 Å². The molecule has 22 heavy (non-hydrogen) atoms. The molecular weight excluding hydrogens is 431 g/mol. The zero-order valence-electron chi connectivity index (χ0n) is 11.5. The second-order valence-electron chi connectivity index (χ2n) is 4.71. The van der Waals surface area contributed by atoms with Crippen LogP contribution >= 0.6 is 43.5 Å². The average molecular weight is 443 g/mol. The van der Waals surface area contributed by atoms with Crippen LogP contribution in [0.15, 0.2) is 45.5 Å². The topological polar surface area (TPSA) is 48.1 Å². The summed E-state index contributed by atoms with van der Waals surface area (Å²) >= 11 is 13.7. The van der Waals surface area contributed by atoms with E-state index in [0.29, 0.717) is 16.5 Å². The summed E-state index contributed by atoms with van der Waals surface area (Å²) in [4.78, 5) is 4.51. The SMILES string of the molecule is COc1c(Br)cc2ncc(-c3ccc(N)cc3)c(Cl)c2c1Br. The molecule has 0 bridgehead atoms. The van der Waals surface area contributed by atoms with Gasteiger partial charge in [-0.3, -0.25) is 4.98 Å². The highest BCUT2D eigenvalue weighted by atomic mass is 79.9. The Hall–Kier alpha value is -1.30. The van der Waals surface area contributed by atoms with Crippen molar-refractivity contribution >= 4 is 60.1 Å². The van der Waals surface area contributed by atoms with Crippen LogP contribution < -0.4 is 10.5 Å². The van der Waals surface area contributed by atoms with Crippen LogP contribution in [-0.4, -0.2) is 12.1 Å². The third-order valence-corrected chi connectivity index (χ3v) is 5.11. The fourth-order valence-electron chi connectivity index (χ4n) is 2.28. The molecule has 0 atom stereocenters. The van der Waals surface area contributed by atoms with Gasteiger partial charge in [-0.15, -0.1) is 0 Å². The van der Waals surface area contributed by atoms with Crippen molar-refractivity contribution in [2.75, 3.05) is 12.8 Å². The van der Waals surface area contributed by atoms with E-state index in [2.05, 4.69) is 36.8 Å². The first-order chi connectivity index (χ1) is 10.5. The van der Waals surface area contributed by atoms with Crippen LogP contribution in [0.1, 0.15) is 0 Å². The fraction of sp³-hybridized carbons (Fsp3) is 0.0625. The first-order valence-corrected chi connectivity index (χ1v) is 8.35. The van der Waals surface area contributed by atoms with Crippen molar-refractivity contribution < 1.29 is 4.74 Å². The fourth-order valence-corrected chi connectivity index (χ4v) is 4.36. The molecule has 3 rings (SSSR count). The van der Waals surface area contributed by atoms with Crippen molar-refractivity contribution in [1.29, 1.82) is 0 Å². The molecule has 1 aromatic heterocycles. The zero-order valence-corrected chi connectivity index (χ0v) is 15.5. The van der Waals surface area contributed by atoms with E-state index in [4.69, 9.17) is 22.1 Å². The summed E-state index contributed by atoms with van der Waals surface area (Å²) in [5, 5.41) is 1.43. The van der Waals surface area contributed by atoms with E-state index in [0.717, 1.165) is 31.0 Å². The molecule has 1 heterocycles. The predicted octanol–water partition coefficient (Wildman–Crippen LogP) is 5.67. The molecule has 0 amide bonds. The summed E-state index contributed by atoms with van der Waals surface area (Å²) in [7, 11) is 1.61. The maximum Gasteiger partial charge on any atom is 0.148 e. The van der Waals surface area contributed by atoms with Gasteiger partial charge < -0.3 is 10.5 Å². The lowest BCUT2D eigenvalue weighted by atomic mass is 10.0. The molecule has 0 aliphatic heterocycles. The molecule has 0 unspecified atom stereocenters. The van der Waals surface area contributed by atoms with Crippen LogP contribution in [0.4, 0.5) is 5.69 Å². The van der Waals surface area contributed by atoms with E-state index >= 15 is 0 Å². The third kappa shape index (κ3) is 2.57. The van der Waals surface area contributed by atoms with Gasteiger partial charge >= 0.3 is 0 Å². The van der Waals surface area contributed by atoms with Gasteiger partial charge in [0, 0.05) is 22.8 Å². The Morgan fingerprint density at radius 2 is 1.86 bits per heavy atom. The van der Waals surface area contributed by atoms with Gasteiger partial charge in [-0.1, -0.05) is 23.7 Å². The zero-order chi connectivity index (χ0) is 15.9. The standard InChI is InChI=1S/C16H11Br2ClN2O/c1-22-16-11(17)6-12-13(14(16)18)15(19)10(7-21-12)8-2-4-9(20)5-3-8/h2-7H,20H2,1H3. The second-order valence-corrected chi connectivity index (χ2v) is 6.73. The van der Waals surface area contributed by atoms with Gasteiger partial charge in [0.15, 0.2) is 0 Å². The minimum absolute atomic E-state index is 0.618. The molecule has 0 aliphatic rings. The number of benzene rings is 2.